The number of methoxy groups -OCH3 is 1. The molecule has 0 aromatic heterocycles. The van der Waals surface area contributed by atoms with E-state index in [0.29, 0.717) is 5.56 Å². The van der Waals surface area contributed by atoms with Crippen LogP contribution in [0.25, 0.3) is 0 Å². The molecule has 1 aliphatic heterocycles. The molecule has 0 saturated carbocycles. The van der Waals surface area contributed by atoms with Crippen molar-refractivity contribution in [3.05, 3.63) is 29.8 Å². The topological polar surface area (TPSA) is 58.6 Å². The standard InChI is InChI=1S/C19H28N2O3/c1-4-14(5-2)19(23)21-12-10-16(11-13-21)20-18(22)15-6-8-17(24-3)9-7-15/h6-9,14,16H,4-5,10-13H2,1-3H3,(H,20,22). The van der Waals surface area contributed by atoms with E-state index in [1.165, 1.54) is 0 Å². The molecular formula is C19H28N2O3. The van der Waals surface area contributed by atoms with Gasteiger partial charge in [-0.15, -0.1) is 0 Å². The number of nitrogens with one attached hydrogen (secondary N) is 1. The molecule has 5 nitrogen and oxygen atoms in total. The summed E-state index contributed by atoms with van der Waals surface area (Å²) in [5.74, 6) is 1.07. The smallest absolute Gasteiger partial charge is 0.251 e. The zero-order valence-corrected chi connectivity index (χ0v) is 14.9. The van der Waals surface area contributed by atoms with Crippen LogP contribution in [0.1, 0.15) is 49.9 Å². The number of rotatable bonds is 6. The Kier molecular flexibility index (Phi) is 6.64. The van der Waals surface area contributed by atoms with Crippen molar-refractivity contribution in [1.29, 1.82) is 0 Å². The summed E-state index contributed by atoms with van der Waals surface area (Å²) in [7, 11) is 1.60. The maximum absolute atomic E-state index is 12.4. The molecule has 1 heterocycles. The summed E-state index contributed by atoms with van der Waals surface area (Å²) in [6, 6.07) is 7.22. The summed E-state index contributed by atoms with van der Waals surface area (Å²) in [5, 5.41) is 3.07. The van der Waals surface area contributed by atoms with Gasteiger partial charge in [0.25, 0.3) is 5.91 Å². The second-order valence-corrected chi connectivity index (χ2v) is 6.31. The highest BCUT2D eigenvalue weighted by Gasteiger charge is 2.27. The number of benzene rings is 1. The Morgan fingerprint density at radius 3 is 2.25 bits per heavy atom. The van der Waals surface area contributed by atoms with Crippen LogP contribution in [-0.4, -0.2) is 43.0 Å². The van der Waals surface area contributed by atoms with Gasteiger partial charge in [-0.05, 0) is 49.9 Å². The predicted octanol–water partition coefficient (Wildman–Crippen LogP) is 2.85. The van der Waals surface area contributed by atoms with Gasteiger partial charge in [0.15, 0.2) is 0 Å². The maximum atomic E-state index is 12.4. The van der Waals surface area contributed by atoms with Gasteiger partial charge in [-0.1, -0.05) is 13.8 Å². The van der Waals surface area contributed by atoms with E-state index in [-0.39, 0.29) is 23.8 Å². The third-order valence-electron chi connectivity index (χ3n) is 4.83. The first-order valence-corrected chi connectivity index (χ1v) is 8.82. The van der Waals surface area contributed by atoms with E-state index >= 15 is 0 Å². The van der Waals surface area contributed by atoms with E-state index in [0.717, 1.165) is 44.5 Å². The van der Waals surface area contributed by atoms with Crippen LogP contribution in [0.3, 0.4) is 0 Å². The van der Waals surface area contributed by atoms with Crippen LogP contribution >= 0.6 is 0 Å². The number of nitrogens with zero attached hydrogens (tertiary/aromatic N) is 1. The van der Waals surface area contributed by atoms with Gasteiger partial charge in [0, 0.05) is 30.6 Å². The highest BCUT2D eigenvalue weighted by Crippen LogP contribution is 2.18. The largest absolute Gasteiger partial charge is 0.497 e. The van der Waals surface area contributed by atoms with E-state index in [9.17, 15) is 9.59 Å². The van der Waals surface area contributed by atoms with E-state index in [1.54, 1.807) is 31.4 Å². The van der Waals surface area contributed by atoms with Gasteiger partial charge in [0.2, 0.25) is 5.91 Å². The summed E-state index contributed by atoms with van der Waals surface area (Å²) in [4.78, 5) is 26.6. The fraction of sp³-hybridized carbons (Fsp3) is 0.579. The molecule has 1 aliphatic rings. The average Bonchev–Trinajstić information content (AvgIpc) is 2.63. The average molecular weight is 332 g/mol. The number of carbonyl (C=O) groups is 2. The van der Waals surface area contributed by atoms with Crippen molar-refractivity contribution in [2.75, 3.05) is 20.2 Å². The quantitative estimate of drug-likeness (QED) is 0.871. The first-order valence-electron chi connectivity index (χ1n) is 8.82. The van der Waals surface area contributed by atoms with Crippen molar-refractivity contribution in [1.82, 2.24) is 10.2 Å². The molecule has 5 heteroatoms. The van der Waals surface area contributed by atoms with Crippen molar-refractivity contribution in [3.8, 4) is 5.75 Å². The van der Waals surface area contributed by atoms with E-state index < -0.39 is 0 Å². The number of ether oxygens (including phenoxy) is 1. The van der Waals surface area contributed by atoms with Crippen LogP contribution in [0, 0.1) is 5.92 Å². The third kappa shape index (κ3) is 4.49. The van der Waals surface area contributed by atoms with Crippen molar-refractivity contribution in [3.63, 3.8) is 0 Å². The molecule has 1 fully saturated rings. The molecule has 0 unspecified atom stereocenters. The van der Waals surface area contributed by atoms with Gasteiger partial charge in [-0.25, -0.2) is 0 Å². The van der Waals surface area contributed by atoms with Gasteiger partial charge >= 0.3 is 0 Å². The minimum Gasteiger partial charge on any atom is -0.497 e. The highest BCUT2D eigenvalue weighted by atomic mass is 16.5. The normalized spacial score (nSPS) is 15.4. The minimum absolute atomic E-state index is 0.0672. The van der Waals surface area contributed by atoms with Crippen LogP contribution in [0.2, 0.25) is 0 Å². The second kappa shape index (κ2) is 8.71. The molecule has 1 N–H and O–H groups in total. The first kappa shape index (κ1) is 18.3. The lowest BCUT2D eigenvalue weighted by Gasteiger charge is -2.34. The van der Waals surface area contributed by atoms with Crippen molar-refractivity contribution in [2.24, 2.45) is 5.92 Å². The zero-order chi connectivity index (χ0) is 17.5. The zero-order valence-electron chi connectivity index (χ0n) is 14.9. The molecule has 0 spiro atoms. The molecule has 24 heavy (non-hydrogen) atoms. The van der Waals surface area contributed by atoms with Crippen molar-refractivity contribution < 1.29 is 14.3 Å². The minimum atomic E-state index is -0.0672. The Morgan fingerprint density at radius 1 is 1.17 bits per heavy atom. The first-order chi connectivity index (χ1) is 11.6. The summed E-state index contributed by atoms with van der Waals surface area (Å²) < 4.78 is 5.10. The van der Waals surface area contributed by atoms with Crippen LogP contribution in [0.4, 0.5) is 0 Å². The summed E-state index contributed by atoms with van der Waals surface area (Å²) >= 11 is 0. The van der Waals surface area contributed by atoms with Crippen LogP contribution < -0.4 is 10.1 Å². The summed E-state index contributed by atoms with van der Waals surface area (Å²) in [6.07, 6.45) is 3.41. The van der Waals surface area contributed by atoms with Gasteiger partial charge in [-0.3, -0.25) is 9.59 Å². The van der Waals surface area contributed by atoms with Crippen LogP contribution in [0.15, 0.2) is 24.3 Å². The molecule has 1 aromatic rings. The Balaban J connectivity index is 1.83. The monoisotopic (exact) mass is 332 g/mol. The molecule has 2 amide bonds. The van der Waals surface area contributed by atoms with Crippen LogP contribution in [0.5, 0.6) is 5.75 Å². The molecule has 2 rings (SSSR count). The number of hydrogen-bond donors (Lipinski definition) is 1. The Labute approximate surface area is 144 Å². The van der Waals surface area contributed by atoms with Gasteiger partial charge < -0.3 is 15.0 Å². The molecule has 1 aromatic carbocycles. The van der Waals surface area contributed by atoms with Crippen molar-refractivity contribution in [2.45, 2.75) is 45.6 Å². The van der Waals surface area contributed by atoms with E-state index in [4.69, 9.17) is 4.74 Å². The molecule has 0 bridgehead atoms. The number of amides is 2. The number of piperidine rings is 1. The number of likely N-dealkylation sites (tertiary alicyclic amines) is 1. The molecular weight excluding hydrogens is 304 g/mol. The van der Waals surface area contributed by atoms with Gasteiger partial charge in [0.1, 0.15) is 5.75 Å². The number of hydrogen-bond acceptors (Lipinski definition) is 3. The Morgan fingerprint density at radius 2 is 1.75 bits per heavy atom. The number of carbonyl (C=O) groups excluding carboxylic acids is 2. The van der Waals surface area contributed by atoms with Gasteiger partial charge in [0.05, 0.1) is 7.11 Å². The fourth-order valence-electron chi connectivity index (χ4n) is 3.15. The predicted molar refractivity (Wildman–Crippen MR) is 94.1 cm³/mol. The Hall–Kier alpha value is -2.04. The van der Waals surface area contributed by atoms with Crippen LogP contribution in [-0.2, 0) is 4.79 Å². The maximum Gasteiger partial charge on any atom is 0.251 e. The molecule has 1 saturated heterocycles. The van der Waals surface area contributed by atoms with Crippen molar-refractivity contribution >= 4 is 11.8 Å². The summed E-state index contributed by atoms with van der Waals surface area (Å²) in [5.41, 5.74) is 0.631. The Bertz CT molecular complexity index is 544. The molecule has 0 radical (unpaired) electrons. The summed E-state index contributed by atoms with van der Waals surface area (Å²) in [6.45, 7) is 5.58. The SMILES string of the molecule is CCC(CC)C(=O)N1CCC(NC(=O)c2ccc(OC)cc2)CC1. The van der Waals surface area contributed by atoms with E-state index in [2.05, 4.69) is 19.2 Å². The lowest BCUT2D eigenvalue weighted by Crippen LogP contribution is -2.48. The molecule has 0 atom stereocenters. The van der Waals surface area contributed by atoms with E-state index in [1.807, 2.05) is 4.90 Å². The third-order valence-corrected chi connectivity index (χ3v) is 4.83. The fourth-order valence-corrected chi connectivity index (χ4v) is 3.15. The second-order valence-electron chi connectivity index (χ2n) is 6.31. The molecule has 0 aliphatic carbocycles. The highest BCUT2D eigenvalue weighted by molar-refractivity contribution is 5.94. The lowest BCUT2D eigenvalue weighted by molar-refractivity contribution is -0.136. The lowest BCUT2D eigenvalue weighted by atomic mass is 9.98. The molecule has 132 valence electrons. The van der Waals surface area contributed by atoms with Gasteiger partial charge in [-0.2, -0.15) is 0 Å².